The SMILES string of the molecule is COc1cc(OC)c(C=O)c(C(F)F)n1. The van der Waals surface area contributed by atoms with Crippen LogP contribution in [0.4, 0.5) is 8.78 Å². The maximum absolute atomic E-state index is 12.5. The van der Waals surface area contributed by atoms with Gasteiger partial charge in [-0.05, 0) is 0 Å². The summed E-state index contributed by atoms with van der Waals surface area (Å²) in [4.78, 5) is 14.1. The van der Waals surface area contributed by atoms with Crippen LogP contribution < -0.4 is 9.47 Å². The molecular formula is C9H9F2NO3. The molecule has 15 heavy (non-hydrogen) atoms. The maximum Gasteiger partial charge on any atom is 0.281 e. The van der Waals surface area contributed by atoms with Gasteiger partial charge in [0.25, 0.3) is 6.43 Å². The average molecular weight is 217 g/mol. The average Bonchev–Trinajstić information content (AvgIpc) is 2.26. The van der Waals surface area contributed by atoms with Gasteiger partial charge in [0.05, 0.1) is 19.8 Å². The summed E-state index contributed by atoms with van der Waals surface area (Å²) in [6.07, 6.45) is -2.57. The Balaban J connectivity index is 3.38. The molecule has 0 unspecified atom stereocenters. The summed E-state index contributed by atoms with van der Waals surface area (Å²) in [5, 5.41) is 0. The fourth-order valence-electron chi connectivity index (χ4n) is 1.09. The van der Waals surface area contributed by atoms with Crippen molar-refractivity contribution in [2.45, 2.75) is 6.43 Å². The number of hydrogen-bond donors (Lipinski definition) is 0. The van der Waals surface area contributed by atoms with Gasteiger partial charge in [0, 0.05) is 6.07 Å². The van der Waals surface area contributed by atoms with Crippen LogP contribution in [0.2, 0.25) is 0 Å². The van der Waals surface area contributed by atoms with Crippen molar-refractivity contribution in [1.82, 2.24) is 4.98 Å². The van der Waals surface area contributed by atoms with Gasteiger partial charge < -0.3 is 9.47 Å². The van der Waals surface area contributed by atoms with E-state index in [2.05, 4.69) is 4.98 Å². The highest BCUT2D eigenvalue weighted by atomic mass is 19.3. The molecule has 0 amide bonds. The van der Waals surface area contributed by atoms with E-state index in [1.807, 2.05) is 0 Å². The van der Waals surface area contributed by atoms with E-state index in [9.17, 15) is 13.6 Å². The Kier molecular flexibility index (Phi) is 3.54. The second kappa shape index (κ2) is 4.68. The van der Waals surface area contributed by atoms with Crippen LogP contribution >= 0.6 is 0 Å². The molecule has 6 heteroatoms. The van der Waals surface area contributed by atoms with E-state index < -0.39 is 12.1 Å². The second-order valence-electron chi connectivity index (χ2n) is 2.58. The first-order valence-corrected chi connectivity index (χ1v) is 4.00. The molecule has 0 atom stereocenters. The summed E-state index contributed by atoms with van der Waals surface area (Å²) in [6.45, 7) is 0. The van der Waals surface area contributed by atoms with Gasteiger partial charge in [-0.1, -0.05) is 0 Å². The van der Waals surface area contributed by atoms with Crippen molar-refractivity contribution in [3.05, 3.63) is 17.3 Å². The fraction of sp³-hybridized carbons (Fsp3) is 0.333. The number of alkyl halides is 2. The molecule has 1 rings (SSSR count). The van der Waals surface area contributed by atoms with Gasteiger partial charge in [0.15, 0.2) is 6.29 Å². The number of halogens is 2. The predicted octanol–water partition coefficient (Wildman–Crippen LogP) is 1.85. The maximum atomic E-state index is 12.5. The molecule has 0 N–H and O–H groups in total. The number of carbonyl (C=O) groups excluding carboxylic acids is 1. The summed E-state index contributed by atoms with van der Waals surface area (Å²) >= 11 is 0. The van der Waals surface area contributed by atoms with Crippen molar-refractivity contribution in [3.8, 4) is 11.6 Å². The van der Waals surface area contributed by atoms with Gasteiger partial charge >= 0.3 is 0 Å². The van der Waals surface area contributed by atoms with Gasteiger partial charge in [-0.2, -0.15) is 0 Å². The number of methoxy groups -OCH3 is 2. The van der Waals surface area contributed by atoms with Crippen molar-refractivity contribution in [2.24, 2.45) is 0 Å². The van der Waals surface area contributed by atoms with Crippen molar-refractivity contribution in [1.29, 1.82) is 0 Å². The molecule has 0 saturated carbocycles. The van der Waals surface area contributed by atoms with Crippen LogP contribution in [0.5, 0.6) is 11.6 Å². The number of ether oxygens (including phenoxy) is 2. The molecule has 0 aliphatic rings. The molecule has 1 aromatic heterocycles. The topological polar surface area (TPSA) is 48.4 Å². The summed E-state index contributed by atoms with van der Waals surface area (Å²) < 4.78 is 34.5. The molecule has 0 spiro atoms. The zero-order valence-corrected chi connectivity index (χ0v) is 8.16. The van der Waals surface area contributed by atoms with E-state index in [1.54, 1.807) is 0 Å². The Morgan fingerprint density at radius 3 is 2.47 bits per heavy atom. The summed E-state index contributed by atoms with van der Waals surface area (Å²) in [6, 6.07) is 1.27. The number of nitrogens with zero attached hydrogens (tertiary/aromatic N) is 1. The highest BCUT2D eigenvalue weighted by Crippen LogP contribution is 2.30. The standard InChI is InChI=1S/C9H9F2NO3/c1-14-6-3-7(15-2)12-8(9(10)11)5(6)4-13/h3-4,9H,1-2H3. The molecule has 0 fully saturated rings. The van der Waals surface area contributed by atoms with Gasteiger partial charge in [0.2, 0.25) is 5.88 Å². The van der Waals surface area contributed by atoms with Crippen molar-refractivity contribution >= 4 is 6.29 Å². The molecular weight excluding hydrogens is 208 g/mol. The zero-order chi connectivity index (χ0) is 11.4. The Labute approximate surface area is 84.8 Å². The van der Waals surface area contributed by atoms with E-state index in [-0.39, 0.29) is 23.5 Å². The smallest absolute Gasteiger partial charge is 0.281 e. The quantitative estimate of drug-likeness (QED) is 0.722. The first-order valence-electron chi connectivity index (χ1n) is 4.00. The highest BCUT2D eigenvalue weighted by molar-refractivity contribution is 5.81. The van der Waals surface area contributed by atoms with Crippen molar-refractivity contribution < 1.29 is 23.0 Å². The summed E-state index contributed by atoms with van der Waals surface area (Å²) in [5.74, 6) is -0.0000926. The molecule has 0 radical (unpaired) electrons. The molecule has 0 bridgehead atoms. The summed E-state index contributed by atoms with van der Waals surface area (Å²) in [5.41, 5.74) is -0.894. The van der Waals surface area contributed by atoms with Crippen LogP contribution in [0.25, 0.3) is 0 Å². The van der Waals surface area contributed by atoms with Crippen LogP contribution in [0.1, 0.15) is 22.5 Å². The lowest BCUT2D eigenvalue weighted by Crippen LogP contribution is -2.03. The monoisotopic (exact) mass is 217 g/mol. The zero-order valence-electron chi connectivity index (χ0n) is 8.16. The minimum atomic E-state index is -2.85. The van der Waals surface area contributed by atoms with E-state index in [0.29, 0.717) is 0 Å². The largest absolute Gasteiger partial charge is 0.496 e. The number of aldehydes is 1. The van der Waals surface area contributed by atoms with Crippen LogP contribution in [-0.4, -0.2) is 25.5 Å². The molecule has 0 aromatic carbocycles. The third-order valence-corrected chi connectivity index (χ3v) is 1.78. The number of pyridine rings is 1. The van der Waals surface area contributed by atoms with E-state index >= 15 is 0 Å². The fourth-order valence-corrected chi connectivity index (χ4v) is 1.09. The second-order valence-corrected chi connectivity index (χ2v) is 2.58. The molecule has 4 nitrogen and oxygen atoms in total. The van der Waals surface area contributed by atoms with Gasteiger partial charge in [0.1, 0.15) is 11.4 Å². The lowest BCUT2D eigenvalue weighted by atomic mass is 10.2. The predicted molar refractivity (Wildman–Crippen MR) is 47.7 cm³/mol. The van der Waals surface area contributed by atoms with E-state index in [0.717, 1.165) is 0 Å². The minimum absolute atomic E-state index is 0.0205. The van der Waals surface area contributed by atoms with Crippen LogP contribution in [0.15, 0.2) is 6.07 Å². The first-order chi connectivity index (χ1) is 7.13. The molecule has 0 aliphatic carbocycles. The summed E-state index contributed by atoms with van der Waals surface area (Å²) in [7, 11) is 2.56. The number of aromatic nitrogens is 1. The third kappa shape index (κ3) is 2.20. The van der Waals surface area contributed by atoms with Crippen molar-refractivity contribution in [3.63, 3.8) is 0 Å². The lowest BCUT2D eigenvalue weighted by molar-refractivity contribution is 0.109. The van der Waals surface area contributed by atoms with Gasteiger partial charge in [-0.15, -0.1) is 0 Å². The normalized spacial score (nSPS) is 10.2. The molecule has 82 valence electrons. The molecule has 0 aliphatic heterocycles. The lowest BCUT2D eigenvalue weighted by Gasteiger charge is -2.10. The molecule has 0 saturated heterocycles. The molecule has 1 heterocycles. The van der Waals surface area contributed by atoms with Crippen LogP contribution in [0, 0.1) is 0 Å². The van der Waals surface area contributed by atoms with E-state index in [1.165, 1.54) is 20.3 Å². The Morgan fingerprint density at radius 2 is 2.07 bits per heavy atom. The van der Waals surface area contributed by atoms with Gasteiger partial charge in [-0.25, -0.2) is 13.8 Å². The third-order valence-electron chi connectivity index (χ3n) is 1.78. The van der Waals surface area contributed by atoms with Crippen LogP contribution in [0.3, 0.4) is 0 Å². The van der Waals surface area contributed by atoms with Gasteiger partial charge in [-0.3, -0.25) is 4.79 Å². The minimum Gasteiger partial charge on any atom is -0.496 e. The van der Waals surface area contributed by atoms with Crippen LogP contribution in [-0.2, 0) is 0 Å². The van der Waals surface area contributed by atoms with Crippen molar-refractivity contribution in [2.75, 3.05) is 14.2 Å². The number of carbonyl (C=O) groups is 1. The number of rotatable bonds is 4. The molecule has 1 aromatic rings. The van der Waals surface area contributed by atoms with E-state index in [4.69, 9.17) is 9.47 Å². The Morgan fingerprint density at radius 1 is 1.40 bits per heavy atom. The Hall–Kier alpha value is -1.72. The first kappa shape index (κ1) is 11.4. The number of hydrogen-bond acceptors (Lipinski definition) is 4. The highest BCUT2D eigenvalue weighted by Gasteiger charge is 2.20. The Bertz CT molecular complexity index is 369.